The lowest BCUT2D eigenvalue weighted by molar-refractivity contribution is -0.116. The zero-order valence-corrected chi connectivity index (χ0v) is 19.0. The third-order valence-corrected chi connectivity index (χ3v) is 8.41. The zero-order chi connectivity index (χ0) is 22.1. The first kappa shape index (κ1) is 21.2. The Morgan fingerprint density at radius 1 is 1.06 bits per heavy atom. The van der Waals surface area contributed by atoms with Gasteiger partial charge in [0.05, 0.1) is 15.1 Å². The number of fused-ring (bicyclic) bond motifs is 2. The van der Waals surface area contributed by atoms with Gasteiger partial charge < -0.3 is 14.8 Å². The SMILES string of the molecule is O=C(CCc1ccc(S(=O)(=O)N2CCCC2)cc1)Nc1nc2cc3c(cc2s1)OCCO3. The molecular weight excluding hydrogens is 450 g/mol. The summed E-state index contributed by atoms with van der Waals surface area (Å²) < 4.78 is 38.8. The topological polar surface area (TPSA) is 97.8 Å². The standard InChI is InChI=1S/C22H23N3O5S2/c26-21(24-22-23-17-13-18-19(14-20(17)31-22)30-12-11-29-18)8-5-15-3-6-16(7-4-15)32(27,28)25-9-1-2-10-25/h3-4,6-7,13-14H,1-2,5,8-12H2,(H,23,24,26). The Morgan fingerprint density at radius 2 is 1.75 bits per heavy atom. The Kier molecular flexibility index (Phi) is 5.75. The van der Waals surface area contributed by atoms with Gasteiger partial charge in [0.25, 0.3) is 0 Å². The minimum Gasteiger partial charge on any atom is -0.486 e. The first-order valence-electron chi connectivity index (χ1n) is 10.6. The average Bonchev–Trinajstić information content (AvgIpc) is 3.46. The van der Waals surface area contributed by atoms with Crippen LogP contribution >= 0.6 is 11.3 Å². The Hall–Kier alpha value is -2.69. The smallest absolute Gasteiger partial charge is 0.243 e. The van der Waals surface area contributed by atoms with Crippen molar-refractivity contribution in [2.45, 2.75) is 30.6 Å². The second-order valence-electron chi connectivity index (χ2n) is 7.79. The highest BCUT2D eigenvalue weighted by Crippen LogP contribution is 2.37. The molecule has 0 spiro atoms. The van der Waals surface area contributed by atoms with Crippen LogP contribution in [0.25, 0.3) is 10.2 Å². The maximum atomic E-state index is 12.6. The first-order valence-corrected chi connectivity index (χ1v) is 12.8. The number of hydrogen-bond acceptors (Lipinski definition) is 7. The summed E-state index contributed by atoms with van der Waals surface area (Å²) in [6.45, 7) is 2.20. The molecule has 3 aromatic rings. The number of carbonyl (C=O) groups is 1. The number of sulfonamides is 1. The largest absolute Gasteiger partial charge is 0.486 e. The van der Waals surface area contributed by atoms with Crippen molar-refractivity contribution in [3.8, 4) is 11.5 Å². The number of nitrogens with zero attached hydrogens (tertiary/aromatic N) is 2. The molecule has 2 aliphatic rings. The fraction of sp³-hybridized carbons (Fsp3) is 0.364. The van der Waals surface area contributed by atoms with Gasteiger partial charge in [0, 0.05) is 31.6 Å². The number of ether oxygens (including phenoxy) is 2. The lowest BCUT2D eigenvalue weighted by atomic mass is 10.1. The zero-order valence-electron chi connectivity index (χ0n) is 17.4. The molecule has 1 N–H and O–H groups in total. The molecule has 0 saturated carbocycles. The Morgan fingerprint density at radius 3 is 2.47 bits per heavy atom. The molecule has 168 valence electrons. The lowest BCUT2D eigenvalue weighted by Gasteiger charge is -2.17. The van der Waals surface area contributed by atoms with E-state index >= 15 is 0 Å². The van der Waals surface area contributed by atoms with Gasteiger partial charge >= 0.3 is 0 Å². The number of amides is 1. The second-order valence-corrected chi connectivity index (χ2v) is 10.8. The maximum absolute atomic E-state index is 12.6. The number of rotatable bonds is 6. The summed E-state index contributed by atoms with van der Waals surface area (Å²) in [4.78, 5) is 17.2. The van der Waals surface area contributed by atoms with Crippen molar-refractivity contribution in [2.75, 3.05) is 31.6 Å². The number of anilines is 1. The van der Waals surface area contributed by atoms with Gasteiger partial charge in [-0.25, -0.2) is 13.4 Å². The fourth-order valence-corrected chi connectivity index (χ4v) is 6.27. The number of benzene rings is 2. The summed E-state index contributed by atoms with van der Waals surface area (Å²) in [5.41, 5.74) is 1.66. The number of aromatic nitrogens is 1. The Labute approximate surface area is 190 Å². The maximum Gasteiger partial charge on any atom is 0.243 e. The number of nitrogens with one attached hydrogen (secondary N) is 1. The highest BCUT2D eigenvalue weighted by atomic mass is 32.2. The molecule has 0 bridgehead atoms. The number of thiazole rings is 1. The molecule has 0 aliphatic carbocycles. The van der Waals surface area contributed by atoms with E-state index in [4.69, 9.17) is 9.47 Å². The van der Waals surface area contributed by atoms with Crippen LogP contribution in [0.4, 0.5) is 5.13 Å². The molecular formula is C22H23N3O5S2. The van der Waals surface area contributed by atoms with Gasteiger partial charge in [-0.05, 0) is 37.0 Å². The van der Waals surface area contributed by atoms with Crippen LogP contribution in [-0.4, -0.2) is 49.9 Å². The molecule has 0 unspecified atom stereocenters. The summed E-state index contributed by atoms with van der Waals surface area (Å²) >= 11 is 1.39. The molecule has 1 fully saturated rings. The van der Waals surface area contributed by atoms with Crippen molar-refractivity contribution in [1.29, 1.82) is 0 Å². The van der Waals surface area contributed by atoms with Crippen molar-refractivity contribution >= 4 is 42.6 Å². The summed E-state index contributed by atoms with van der Waals surface area (Å²) in [6.07, 6.45) is 2.60. The van der Waals surface area contributed by atoms with Gasteiger partial charge in [-0.15, -0.1) is 0 Å². The van der Waals surface area contributed by atoms with E-state index in [0.717, 1.165) is 28.6 Å². The molecule has 10 heteroatoms. The minimum atomic E-state index is -3.42. The molecule has 0 atom stereocenters. The van der Waals surface area contributed by atoms with Crippen molar-refractivity contribution in [3.05, 3.63) is 42.0 Å². The van der Waals surface area contributed by atoms with Crippen molar-refractivity contribution < 1.29 is 22.7 Å². The van der Waals surface area contributed by atoms with Gasteiger partial charge in [-0.3, -0.25) is 4.79 Å². The fourth-order valence-electron chi connectivity index (χ4n) is 3.86. The highest BCUT2D eigenvalue weighted by Gasteiger charge is 2.26. The van der Waals surface area contributed by atoms with E-state index in [0.29, 0.717) is 54.3 Å². The van der Waals surface area contributed by atoms with E-state index in [9.17, 15) is 13.2 Å². The van der Waals surface area contributed by atoms with Crippen LogP contribution in [0.3, 0.4) is 0 Å². The highest BCUT2D eigenvalue weighted by molar-refractivity contribution is 7.89. The monoisotopic (exact) mass is 473 g/mol. The normalized spacial score (nSPS) is 16.4. The van der Waals surface area contributed by atoms with Gasteiger partial charge in [-0.2, -0.15) is 4.31 Å². The summed E-state index contributed by atoms with van der Waals surface area (Å²) in [7, 11) is -3.42. The molecule has 2 aromatic carbocycles. The molecule has 5 rings (SSSR count). The van der Waals surface area contributed by atoms with E-state index in [1.807, 2.05) is 12.1 Å². The van der Waals surface area contributed by atoms with Crippen LogP contribution < -0.4 is 14.8 Å². The van der Waals surface area contributed by atoms with Gasteiger partial charge in [-0.1, -0.05) is 23.5 Å². The summed E-state index contributed by atoms with van der Waals surface area (Å²) in [5.74, 6) is 1.22. The van der Waals surface area contributed by atoms with Gasteiger partial charge in [0.2, 0.25) is 15.9 Å². The molecule has 1 amide bonds. The first-order chi connectivity index (χ1) is 15.5. The molecule has 8 nitrogen and oxygen atoms in total. The van der Waals surface area contributed by atoms with Crippen LogP contribution in [0.5, 0.6) is 11.5 Å². The summed E-state index contributed by atoms with van der Waals surface area (Å²) in [5, 5.41) is 3.38. The van der Waals surface area contributed by atoms with Crippen molar-refractivity contribution in [1.82, 2.24) is 9.29 Å². The van der Waals surface area contributed by atoms with Crippen LogP contribution in [0.2, 0.25) is 0 Å². The van der Waals surface area contributed by atoms with E-state index in [-0.39, 0.29) is 12.3 Å². The molecule has 3 heterocycles. The van der Waals surface area contributed by atoms with Crippen LogP contribution in [0.1, 0.15) is 24.8 Å². The number of carbonyl (C=O) groups excluding carboxylic acids is 1. The third-order valence-electron chi connectivity index (χ3n) is 5.57. The predicted octanol–water partition coefficient (Wildman–Crippen LogP) is 3.42. The molecule has 0 radical (unpaired) electrons. The Bertz CT molecular complexity index is 1210. The third kappa shape index (κ3) is 4.30. The molecule has 2 aliphatic heterocycles. The van der Waals surface area contributed by atoms with Gasteiger partial charge in [0.15, 0.2) is 16.6 Å². The van der Waals surface area contributed by atoms with E-state index in [1.54, 1.807) is 24.3 Å². The quantitative estimate of drug-likeness (QED) is 0.589. The van der Waals surface area contributed by atoms with E-state index < -0.39 is 10.0 Å². The summed E-state index contributed by atoms with van der Waals surface area (Å²) in [6, 6.07) is 10.5. The molecule has 1 saturated heterocycles. The average molecular weight is 474 g/mol. The second kappa shape index (κ2) is 8.68. The molecule has 32 heavy (non-hydrogen) atoms. The van der Waals surface area contributed by atoms with E-state index in [1.165, 1.54) is 15.6 Å². The van der Waals surface area contributed by atoms with Crippen molar-refractivity contribution in [3.63, 3.8) is 0 Å². The number of aryl methyl sites for hydroxylation is 1. The van der Waals surface area contributed by atoms with Crippen LogP contribution in [0.15, 0.2) is 41.3 Å². The lowest BCUT2D eigenvalue weighted by Crippen LogP contribution is -2.27. The van der Waals surface area contributed by atoms with Crippen LogP contribution in [0, 0.1) is 0 Å². The minimum absolute atomic E-state index is 0.143. The number of hydrogen-bond donors (Lipinski definition) is 1. The Balaban J connectivity index is 1.19. The molecule has 1 aromatic heterocycles. The van der Waals surface area contributed by atoms with Crippen molar-refractivity contribution in [2.24, 2.45) is 0 Å². The van der Waals surface area contributed by atoms with Crippen LogP contribution in [-0.2, 0) is 21.2 Å². The van der Waals surface area contributed by atoms with E-state index in [2.05, 4.69) is 10.3 Å². The van der Waals surface area contributed by atoms with Gasteiger partial charge in [0.1, 0.15) is 13.2 Å². The predicted molar refractivity (Wildman–Crippen MR) is 122 cm³/mol.